The van der Waals surface area contributed by atoms with E-state index >= 15 is 0 Å². The van der Waals surface area contributed by atoms with Crippen LogP contribution in [0.15, 0.2) is 36.6 Å². The van der Waals surface area contributed by atoms with Gasteiger partial charge in [-0.15, -0.1) is 0 Å². The third-order valence-corrected chi connectivity index (χ3v) is 3.77. The zero-order valence-electron chi connectivity index (χ0n) is 14.1. The van der Waals surface area contributed by atoms with Gasteiger partial charge in [-0.25, -0.2) is 0 Å². The molecule has 0 unspecified atom stereocenters. The van der Waals surface area contributed by atoms with Crippen molar-refractivity contribution in [3.8, 4) is 0 Å². The average molecular weight is 291 g/mol. The first-order valence-corrected chi connectivity index (χ1v) is 9.02. The molecular formula is C20H35O. The summed E-state index contributed by atoms with van der Waals surface area (Å²) < 4.78 is 0. The minimum Gasteiger partial charge on any atom is -0.299 e. The van der Waals surface area contributed by atoms with Gasteiger partial charge in [0.2, 0.25) is 0 Å². The third kappa shape index (κ3) is 19.0. The normalized spacial score (nSPS) is 12.2. The van der Waals surface area contributed by atoms with Crippen LogP contribution in [0.1, 0.15) is 90.4 Å². The first-order chi connectivity index (χ1) is 10.4. The van der Waals surface area contributed by atoms with E-state index in [1.165, 1.54) is 83.1 Å². The molecule has 0 spiro atoms. The van der Waals surface area contributed by atoms with Crippen molar-refractivity contribution in [2.45, 2.75) is 90.4 Å². The fraction of sp³-hybridized carbons (Fsp3) is 0.700. The number of allylic oxidation sites excluding steroid dienone is 5. The molecule has 0 atom stereocenters. The van der Waals surface area contributed by atoms with Crippen molar-refractivity contribution in [3.05, 3.63) is 36.6 Å². The molecule has 0 aromatic carbocycles. The van der Waals surface area contributed by atoms with E-state index in [0.717, 1.165) is 12.7 Å². The Balaban J connectivity index is 3.09. The highest BCUT2D eigenvalue weighted by atomic mass is 16.2. The van der Waals surface area contributed by atoms with Crippen LogP contribution in [-0.4, -0.2) is 0 Å². The minimum absolute atomic E-state index is 0.801. The van der Waals surface area contributed by atoms with Crippen LogP contribution < -0.4 is 0 Å². The van der Waals surface area contributed by atoms with E-state index in [4.69, 9.17) is 0 Å². The Morgan fingerprint density at radius 2 is 1.05 bits per heavy atom. The van der Waals surface area contributed by atoms with Crippen LogP contribution in [0.2, 0.25) is 0 Å². The largest absolute Gasteiger partial charge is 0.299 e. The summed E-state index contributed by atoms with van der Waals surface area (Å²) in [6.07, 6.45) is 28.2. The number of hydrogen-bond acceptors (Lipinski definition) is 0. The van der Waals surface area contributed by atoms with Gasteiger partial charge in [0.15, 0.2) is 0 Å². The van der Waals surface area contributed by atoms with Crippen molar-refractivity contribution < 1.29 is 5.11 Å². The summed E-state index contributed by atoms with van der Waals surface area (Å²) in [5.41, 5.74) is 0. The summed E-state index contributed by atoms with van der Waals surface area (Å²) >= 11 is 0. The summed E-state index contributed by atoms with van der Waals surface area (Å²) in [5, 5.41) is 10.0. The highest BCUT2D eigenvalue weighted by Crippen LogP contribution is 2.12. The quantitative estimate of drug-likeness (QED) is 0.174. The van der Waals surface area contributed by atoms with Gasteiger partial charge >= 0.3 is 0 Å². The molecule has 1 nitrogen and oxygen atoms in total. The molecule has 0 heterocycles. The van der Waals surface area contributed by atoms with E-state index in [9.17, 15) is 5.11 Å². The van der Waals surface area contributed by atoms with E-state index in [2.05, 4.69) is 13.0 Å². The molecule has 0 bridgehead atoms. The van der Waals surface area contributed by atoms with Gasteiger partial charge in [0.25, 0.3) is 0 Å². The van der Waals surface area contributed by atoms with Crippen molar-refractivity contribution in [2.24, 2.45) is 0 Å². The smallest absolute Gasteiger partial charge is 0.142 e. The molecule has 0 saturated carbocycles. The lowest BCUT2D eigenvalue weighted by Gasteiger charge is -2.02. The van der Waals surface area contributed by atoms with Crippen LogP contribution in [0.25, 0.3) is 0 Å². The van der Waals surface area contributed by atoms with Gasteiger partial charge in [-0.3, -0.25) is 5.11 Å². The van der Waals surface area contributed by atoms with E-state index in [1.54, 1.807) is 6.08 Å². The second-order valence-electron chi connectivity index (χ2n) is 5.82. The lowest BCUT2D eigenvalue weighted by molar-refractivity contribution is 0.352. The van der Waals surface area contributed by atoms with Crippen molar-refractivity contribution in [2.75, 3.05) is 0 Å². The number of hydrogen-bond donors (Lipinski definition) is 0. The van der Waals surface area contributed by atoms with Gasteiger partial charge in [0.1, 0.15) is 6.26 Å². The second kappa shape index (κ2) is 19.0. The minimum atomic E-state index is 0.801. The molecule has 121 valence electrons. The summed E-state index contributed by atoms with van der Waals surface area (Å²) in [5.74, 6) is 0. The predicted octanol–water partition coefficient (Wildman–Crippen LogP) is 7.13. The Morgan fingerprint density at radius 1 is 0.571 bits per heavy atom. The maximum atomic E-state index is 10.0. The second-order valence-corrected chi connectivity index (χ2v) is 5.82. The Hall–Kier alpha value is -0.980. The maximum Gasteiger partial charge on any atom is 0.142 e. The maximum absolute atomic E-state index is 10.0. The van der Waals surface area contributed by atoms with E-state index in [1.807, 2.05) is 12.2 Å². The summed E-state index contributed by atoms with van der Waals surface area (Å²) in [7, 11) is 0. The molecule has 0 aliphatic rings. The fourth-order valence-corrected chi connectivity index (χ4v) is 2.45. The van der Waals surface area contributed by atoms with Crippen molar-refractivity contribution in [1.29, 1.82) is 0 Å². The molecule has 0 aromatic heterocycles. The lowest BCUT2D eigenvalue weighted by Crippen LogP contribution is -1.82. The molecule has 0 aliphatic carbocycles. The lowest BCUT2D eigenvalue weighted by atomic mass is 10.0. The first kappa shape index (κ1) is 20.0. The Morgan fingerprint density at radius 3 is 1.57 bits per heavy atom. The molecule has 0 rings (SSSR count). The van der Waals surface area contributed by atoms with E-state index in [0.29, 0.717) is 0 Å². The Labute approximate surface area is 132 Å². The zero-order valence-corrected chi connectivity index (χ0v) is 14.1. The Kier molecular flexibility index (Phi) is 18.1. The molecule has 0 amide bonds. The summed E-state index contributed by atoms with van der Waals surface area (Å²) in [4.78, 5) is 0. The Bertz CT molecular complexity index is 263. The van der Waals surface area contributed by atoms with Gasteiger partial charge in [0, 0.05) is 0 Å². The van der Waals surface area contributed by atoms with Crippen molar-refractivity contribution in [3.63, 3.8) is 0 Å². The highest BCUT2D eigenvalue weighted by molar-refractivity contribution is 5.09. The molecule has 0 saturated heterocycles. The fourth-order valence-electron chi connectivity index (χ4n) is 2.45. The van der Waals surface area contributed by atoms with E-state index in [-0.39, 0.29) is 0 Å². The molecule has 0 aromatic rings. The van der Waals surface area contributed by atoms with Crippen LogP contribution >= 0.6 is 0 Å². The molecule has 1 radical (unpaired) electrons. The first-order valence-electron chi connectivity index (χ1n) is 9.02. The van der Waals surface area contributed by atoms with Crippen LogP contribution in [0.3, 0.4) is 0 Å². The van der Waals surface area contributed by atoms with Gasteiger partial charge in [-0.2, -0.15) is 0 Å². The topological polar surface area (TPSA) is 19.9 Å². The standard InChI is InChI=1S/C20H35O/c1-2-3-4-5-6-7-8-9-10-11-12-13-14-15-16-17-18-19-20-21/h15-20H,2-14H2,1H3/b16-15+,18-17+,20-19+. The highest BCUT2D eigenvalue weighted by Gasteiger charge is 1.92. The van der Waals surface area contributed by atoms with Crippen molar-refractivity contribution in [1.82, 2.24) is 0 Å². The van der Waals surface area contributed by atoms with Gasteiger partial charge in [0.05, 0.1) is 0 Å². The van der Waals surface area contributed by atoms with Crippen LogP contribution in [0, 0.1) is 0 Å². The van der Waals surface area contributed by atoms with Crippen LogP contribution in [-0.2, 0) is 5.11 Å². The van der Waals surface area contributed by atoms with Gasteiger partial charge < -0.3 is 0 Å². The van der Waals surface area contributed by atoms with E-state index < -0.39 is 0 Å². The predicted molar refractivity (Wildman–Crippen MR) is 93.8 cm³/mol. The molecule has 21 heavy (non-hydrogen) atoms. The van der Waals surface area contributed by atoms with Crippen LogP contribution in [0.4, 0.5) is 0 Å². The molecular weight excluding hydrogens is 256 g/mol. The van der Waals surface area contributed by atoms with Crippen molar-refractivity contribution >= 4 is 0 Å². The number of unbranched alkanes of at least 4 members (excludes halogenated alkanes) is 12. The molecule has 0 N–H and O–H groups in total. The van der Waals surface area contributed by atoms with Crippen LogP contribution in [0.5, 0.6) is 0 Å². The number of rotatable bonds is 15. The summed E-state index contributed by atoms with van der Waals surface area (Å²) in [6, 6.07) is 0. The third-order valence-electron chi connectivity index (χ3n) is 3.77. The summed E-state index contributed by atoms with van der Waals surface area (Å²) in [6.45, 7) is 2.28. The average Bonchev–Trinajstić information content (AvgIpc) is 2.50. The SMILES string of the molecule is CCCCCCCCCCCCCC/C=C/C=C/C=C/[O]. The molecule has 0 aliphatic heterocycles. The van der Waals surface area contributed by atoms with Gasteiger partial charge in [-0.1, -0.05) is 102 Å². The zero-order chi connectivity index (χ0) is 15.4. The molecule has 0 fully saturated rings. The molecule has 1 heteroatoms. The van der Waals surface area contributed by atoms with Gasteiger partial charge in [-0.05, 0) is 18.9 Å². The monoisotopic (exact) mass is 291 g/mol.